The lowest BCUT2D eigenvalue weighted by Crippen LogP contribution is -2.11. The number of carbonyl (C=O) groups is 1. The molecular formula is C19H16Cl2N2O2. The van der Waals surface area contributed by atoms with Crippen LogP contribution >= 0.6 is 23.2 Å². The van der Waals surface area contributed by atoms with E-state index in [-0.39, 0.29) is 6.61 Å². The quantitative estimate of drug-likeness (QED) is 0.613. The predicted octanol–water partition coefficient (Wildman–Crippen LogP) is 5.33. The summed E-state index contributed by atoms with van der Waals surface area (Å²) in [7, 11) is 0. The van der Waals surface area contributed by atoms with E-state index in [4.69, 9.17) is 27.9 Å². The van der Waals surface area contributed by atoms with Crippen molar-refractivity contribution in [1.29, 1.82) is 0 Å². The number of carbonyl (C=O) groups excluding carboxylic acids is 1. The Balaban J connectivity index is 2.08. The van der Waals surface area contributed by atoms with Crippen molar-refractivity contribution < 1.29 is 9.53 Å². The first-order valence-corrected chi connectivity index (χ1v) is 8.59. The van der Waals surface area contributed by atoms with Crippen molar-refractivity contribution >= 4 is 45.8 Å². The highest BCUT2D eigenvalue weighted by atomic mass is 35.5. The van der Waals surface area contributed by atoms with Crippen LogP contribution in [0.3, 0.4) is 0 Å². The van der Waals surface area contributed by atoms with Crippen molar-refractivity contribution in [3.05, 3.63) is 69.8 Å². The SMILES string of the molecule is CCOC(=O)c1cnc2c(Cl)c(Cl)ccc2c1NCc1ccccc1. The zero-order chi connectivity index (χ0) is 17.8. The minimum atomic E-state index is -0.432. The summed E-state index contributed by atoms with van der Waals surface area (Å²) in [4.78, 5) is 16.6. The minimum Gasteiger partial charge on any atom is -0.462 e. The molecule has 4 nitrogen and oxygen atoms in total. The second-order valence-electron chi connectivity index (χ2n) is 5.36. The maximum atomic E-state index is 12.3. The van der Waals surface area contributed by atoms with Crippen molar-refractivity contribution in [2.45, 2.75) is 13.5 Å². The smallest absolute Gasteiger partial charge is 0.341 e. The molecule has 1 N–H and O–H groups in total. The monoisotopic (exact) mass is 374 g/mol. The van der Waals surface area contributed by atoms with Gasteiger partial charge in [-0.05, 0) is 24.6 Å². The normalized spacial score (nSPS) is 10.7. The Bertz CT molecular complexity index is 914. The third-order valence-corrected chi connectivity index (χ3v) is 4.53. The molecule has 0 unspecified atom stereocenters. The molecule has 0 spiro atoms. The molecule has 25 heavy (non-hydrogen) atoms. The van der Waals surface area contributed by atoms with E-state index in [1.165, 1.54) is 6.20 Å². The van der Waals surface area contributed by atoms with Gasteiger partial charge in [0, 0.05) is 18.1 Å². The molecule has 3 rings (SSSR count). The number of fused-ring (bicyclic) bond motifs is 1. The van der Waals surface area contributed by atoms with E-state index in [2.05, 4.69) is 10.3 Å². The van der Waals surface area contributed by atoms with Gasteiger partial charge in [0.25, 0.3) is 0 Å². The molecule has 0 atom stereocenters. The molecule has 1 aromatic heterocycles. The zero-order valence-corrected chi connectivity index (χ0v) is 15.1. The molecule has 0 amide bonds. The van der Waals surface area contributed by atoms with Crippen LogP contribution in [0.25, 0.3) is 10.9 Å². The fraction of sp³-hybridized carbons (Fsp3) is 0.158. The van der Waals surface area contributed by atoms with Crippen LogP contribution in [-0.2, 0) is 11.3 Å². The van der Waals surface area contributed by atoms with E-state index in [1.807, 2.05) is 30.3 Å². The Kier molecular flexibility index (Phi) is 5.41. The number of nitrogens with zero attached hydrogens (tertiary/aromatic N) is 1. The molecule has 0 saturated carbocycles. The molecule has 1 heterocycles. The Morgan fingerprint density at radius 1 is 1.16 bits per heavy atom. The van der Waals surface area contributed by atoms with Gasteiger partial charge in [-0.2, -0.15) is 0 Å². The summed E-state index contributed by atoms with van der Waals surface area (Å²) in [6.45, 7) is 2.60. The zero-order valence-electron chi connectivity index (χ0n) is 13.6. The Labute approximate surface area is 155 Å². The van der Waals surface area contributed by atoms with Crippen molar-refractivity contribution in [3.8, 4) is 0 Å². The molecule has 0 aliphatic carbocycles. The highest BCUT2D eigenvalue weighted by molar-refractivity contribution is 6.45. The maximum Gasteiger partial charge on any atom is 0.341 e. The van der Waals surface area contributed by atoms with E-state index >= 15 is 0 Å². The lowest BCUT2D eigenvalue weighted by atomic mass is 10.1. The molecule has 0 bridgehead atoms. The largest absolute Gasteiger partial charge is 0.462 e. The lowest BCUT2D eigenvalue weighted by Gasteiger charge is -2.15. The van der Waals surface area contributed by atoms with Crippen LogP contribution in [0.2, 0.25) is 10.0 Å². The van der Waals surface area contributed by atoms with Crippen LogP contribution in [0.1, 0.15) is 22.8 Å². The first-order chi connectivity index (χ1) is 12.1. The molecule has 128 valence electrons. The van der Waals surface area contributed by atoms with Crippen LogP contribution in [0.5, 0.6) is 0 Å². The van der Waals surface area contributed by atoms with Gasteiger partial charge in [-0.3, -0.25) is 4.98 Å². The van der Waals surface area contributed by atoms with Crippen molar-refractivity contribution in [2.24, 2.45) is 0 Å². The number of halogens is 2. The molecule has 0 saturated heterocycles. The Morgan fingerprint density at radius 3 is 2.64 bits per heavy atom. The number of hydrogen-bond acceptors (Lipinski definition) is 4. The van der Waals surface area contributed by atoms with Gasteiger partial charge in [-0.25, -0.2) is 4.79 Å². The average Bonchev–Trinajstić information content (AvgIpc) is 2.63. The molecule has 2 aromatic carbocycles. The second kappa shape index (κ2) is 7.72. The van der Waals surface area contributed by atoms with Crippen molar-refractivity contribution in [2.75, 3.05) is 11.9 Å². The number of anilines is 1. The van der Waals surface area contributed by atoms with Crippen LogP contribution in [0.15, 0.2) is 48.7 Å². The second-order valence-corrected chi connectivity index (χ2v) is 6.15. The lowest BCUT2D eigenvalue weighted by molar-refractivity contribution is 0.0527. The number of rotatable bonds is 5. The maximum absolute atomic E-state index is 12.3. The van der Waals surface area contributed by atoms with Gasteiger partial charge in [0.1, 0.15) is 5.56 Å². The third-order valence-electron chi connectivity index (χ3n) is 3.74. The van der Waals surface area contributed by atoms with E-state index in [9.17, 15) is 4.79 Å². The van der Waals surface area contributed by atoms with Gasteiger partial charge < -0.3 is 10.1 Å². The fourth-order valence-electron chi connectivity index (χ4n) is 2.55. The van der Waals surface area contributed by atoms with Crippen LogP contribution in [0, 0.1) is 0 Å². The minimum absolute atomic E-state index is 0.288. The standard InChI is InChI=1S/C19H16Cl2N2O2/c1-2-25-19(24)14-11-23-18-13(8-9-15(20)16(18)21)17(14)22-10-12-6-4-3-5-7-12/h3-9,11H,2,10H2,1H3,(H,22,23). The van der Waals surface area contributed by atoms with Gasteiger partial charge in [0.05, 0.1) is 27.9 Å². The molecule has 0 fully saturated rings. The van der Waals surface area contributed by atoms with Crippen LogP contribution in [-0.4, -0.2) is 17.6 Å². The summed E-state index contributed by atoms with van der Waals surface area (Å²) in [5.41, 5.74) is 2.62. The summed E-state index contributed by atoms with van der Waals surface area (Å²) in [6, 6.07) is 13.4. The van der Waals surface area contributed by atoms with E-state index in [0.29, 0.717) is 33.4 Å². The van der Waals surface area contributed by atoms with Crippen molar-refractivity contribution in [3.63, 3.8) is 0 Å². The van der Waals surface area contributed by atoms with E-state index in [0.717, 1.165) is 10.9 Å². The summed E-state index contributed by atoms with van der Waals surface area (Å²) < 4.78 is 5.15. The van der Waals surface area contributed by atoms with Gasteiger partial charge >= 0.3 is 5.97 Å². The van der Waals surface area contributed by atoms with Crippen LogP contribution in [0.4, 0.5) is 5.69 Å². The van der Waals surface area contributed by atoms with E-state index < -0.39 is 5.97 Å². The van der Waals surface area contributed by atoms with Gasteiger partial charge in [-0.1, -0.05) is 53.5 Å². The van der Waals surface area contributed by atoms with Gasteiger partial charge in [0.2, 0.25) is 0 Å². The number of pyridine rings is 1. The number of hydrogen-bond donors (Lipinski definition) is 1. The summed E-state index contributed by atoms with van der Waals surface area (Å²) >= 11 is 12.4. The van der Waals surface area contributed by atoms with Gasteiger partial charge in [0.15, 0.2) is 0 Å². The number of benzene rings is 2. The first kappa shape index (κ1) is 17.5. The highest BCUT2D eigenvalue weighted by Crippen LogP contribution is 2.35. The summed E-state index contributed by atoms with van der Waals surface area (Å²) in [6.07, 6.45) is 1.47. The Morgan fingerprint density at radius 2 is 1.92 bits per heavy atom. The summed E-state index contributed by atoms with van der Waals surface area (Å²) in [5, 5.41) is 4.81. The topological polar surface area (TPSA) is 51.2 Å². The first-order valence-electron chi connectivity index (χ1n) is 7.83. The van der Waals surface area contributed by atoms with E-state index in [1.54, 1.807) is 19.1 Å². The third kappa shape index (κ3) is 3.70. The van der Waals surface area contributed by atoms with Crippen molar-refractivity contribution in [1.82, 2.24) is 4.98 Å². The number of aromatic nitrogens is 1. The Hall–Kier alpha value is -2.30. The molecule has 3 aromatic rings. The van der Waals surface area contributed by atoms with Gasteiger partial charge in [-0.15, -0.1) is 0 Å². The fourth-order valence-corrected chi connectivity index (χ4v) is 2.91. The summed E-state index contributed by atoms with van der Waals surface area (Å²) in [5.74, 6) is -0.432. The highest BCUT2D eigenvalue weighted by Gasteiger charge is 2.18. The predicted molar refractivity (Wildman–Crippen MR) is 101 cm³/mol. The van der Waals surface area contributed by atoms with Crippen LogP contribution < -0.4 is 5.32 Å². The molecule has 6 heteroatoms. The average molecular weight is 375 g/mol. The number of nitrogens with one attached hydrogen (secondary N) is 1. The molecule has 0 aliphatic rings. The molecular weight excluding hydrogens is 359 g/mol. The molecule has 0 radical (unpaired) electrons. The molecule has 0 aliphatic heterocycles. The number of esters is 1. The number of ether oxygens (including phenoxy) is 1.